The van der Waals surface area contributed by atoms with Gasteiger partial charge >= 0.3 is 5.97 Å². The van der Waals surface area contributed by atoms with Gasteiger partial charge in [-0.25, -0.2) is 18.4 Å². The van der Waals surface area contributed by atoms with Crippen LogP contribution in [0.5, 0.6) is 5.75 Å². The van der Waals surface area contributed by atoms with Gasteiger partial charge in [0.25, 0.3) is 0 Å². The van der Waals surface area contributed by atoms with E-state index in [2.05, 4.69) is 5.32 Å². The number of ether oxygens (including phenoxy) is 1. The van der Waals surface area contributed by atoms with Crippen molar-refractivity contribution in [2.75, 3.05) is 18.1 Å². The molecule has 10 heteroatoms. The lowest BCUT2D eigenvalue weighted by Crippen LogP contribution is -2.45. The number of aliphatic carboxylic acids is 1. The molecule has 0 aliphatic rings. The molecule has 1 aromatic rings. The number of amides is 1. The highest BCUT2D eigenvalue weighted by molar-refractivity contribution is 7.99. The first-order chi connectivity index (χ1) is 11.6. The fraction of sp³-hybridized carbons (Fsp3) is 0.467. The fourth-order valence-electron chi connectivity index (χ4n) is 1.84. The van der Waals surface area contributed by atoms with Crippen LogP contribution in [0.3, 0.4) is 0 Å². The van der Waals surface area contributed by atoms with Gasteiger partial charge in [-0.15, -0.1) is 11.8 Å². The summed E-state index contributed by atoms with van der Waals surface area (Å²) in [6, 6.07) is 4.79. The van der Waals surface area contributed by atoms with Gasteiger partial charge < -0.3 is 15.2 Å². The summed E-state index contributed by atoms with van der Waals surface area (Å²) in [6.07, 6.45) is 0. The first-order valence-corrected chi connectivity index (χ1v) is 10.2. The van der Waals surface area contributed by atoms with Gasteiger partial charge in [0, 0.05) is 5.75 Å². The second-order valence-corrected chi connectivity index (χ2v) is 8.21. The molecule has 0 spiro atoms. The quantitative estimate of drug-likeness (QED) is 0.500. The maximum absolute atomic E-state index is 11.7. The van der Waals surface area contributed by atoms with Crippen molar-refractivity contribution in [3.05, 3.63) is 24.3 Å². The van der Waals surface area contributed by atoms with Crippen molar-refractivity contribution in [2.45, 2.75) is 24.8 Å². The monoisotopic (exact) mass is 390 g/mol. The van der Waals surface area contributed by atoms with Gasteiger partial charge in [0.15, 0.2) is 0 Å². The van der Waals surface area contributed by atoms with Crippen LogP contribution in [0.1, 0.15) is 13.8 Å². The predicted octanol–water partition coefficient (Wildman–Crippen LogP) is 0.671. The van der Waals surface area contributed by atoms with Crippen molar-refractivity contribution >= 4 is 33.7 Å². The largest absolute Gasteiger partial charge is 0.493 e. The summed E-state index contributed by atoms with van der Waals surface area (Å²) in [4.78, 5) is 22.7. The number of carboxylic acids is 1. The maximum Gasteiger partial charge on any atom is 0.326 e. The Labute approximate surface area is 151 Å². The van der Waals surface area contributed by atoms with E-state index in [1.165, 1.54) is 36.0 Å². The molecule has 1 atom stereocenters. The summed E-state index contributed by atoms with van der Waals surface area (Å²) in [5.74, 6) is -0.463. The number of carbonyl (C=O) groups excluding carboxylic acids is 1. The van der Waals surface area contributed by atoms with Crippen LogP contribution in [-0.2, 0) is 19.6 Å². The molecule has 1 amide bonds. The molecule has 25 heavy (non-hydrogen) atoms. The molecular formula is C15H22N2O6S2. The molecule has 4 N–H and O–H groups in total. The number of benzene rings is 1. The van der Waals surface area contributed by atoms with Crippen molar-refractivity contribution in [2.24, 2.45) is 11.1 Å². The zero-order valence-corrected chi connectivity index (χ0v) is 15.6. The van der Waals surface area contributed by atoms with Gasteiger partial charge in [0.05, 0.1) is 17.3 Å². The van der Waals surface area contributed by atoms with Gasteiger partial charge in [-0.2, -0.15) is 0 Å². The second kappa shape index (κ2) is 9.64. The smallest absolute Gasteiger partial charge is 0.326 e. The lowest BCUT2D eigenvalue weighted by molar-refractivity contribution is -0.142. The third-order valence-corrected chi connectivity index (χ3v) is 4.98. The lowest BCUT2D eigenvalue weighted by Gasteiger charge is -2.17. The van der Waals surface area contributed by atoms with Gasteiger partial charge in [0.1, 0.15) is 11.8 Å². The number of nitrogens with two attached hydrogens (primary N) is 1. The average molecular weight is 390 g/mol. The van der Waals surface area contributed by atoms with Gasteiger partial charge in [-0.3, -0.25) is 4.79 Å². The second-order valence-electron chi connectivity index (χ2n) is 5.54. The highest BCUT2D eigenvalue weighted by atomic mass is 32.2. The minimum absolute atomic E-state index is 0.00373. The van der Waals surface area contributed by atoms with Gasteiger partial charge in [-0.1, -0.05) is 13.8 Å². The third kappa shape index (κ3) is 7.76. The average Bonchev–Trinajstić information content (AvgIpc) is 2.51. The fourth-order valence-corrected chi connectivity index (χ4v) is 2.97. The molecule has 0 radical (unpaired) electrons. The summed E-state index contributed by atoms with van der Waals surface area (Å²) in [7, 11) is -3.73. The van der Waals surface area contributed by atoms with E-state index in [0.29, 0.717) is 18.1 Å². The molecule has 1 rings (SSSR count). The van der Waals surface area contributed by atoms with Crippen LogP contribution >= 0.6 is 11.8 Å². The highest BCUT2D eigenvalue weighted by Crippen LogP contribution is 2.15. The number of primary sulfonamides is 1. The number of thioether (sulfide) groups is 1. The molecule has 0 unspecified atom stereocenters. The number of carbonyl (C=O) groups is 2. The van der Waals surface area contributed by atoms with E-state index in [0.717, 1.165) is 0 Å². The number of sulfonamides is 1. The standard InChI is InChI=1S/C15H22N2O6S2/c1-10(2)14(15(19)20)17-13(18)9-24-8-7-23-11-3-5-12(6-4-11)25(16,21)22/h3-6,10,14H,7-9H2,1-2H3,(H,17,18)(H,19,20)(H2,16,21,22)/t14-/m0/s1. The summed E-state index contributed by atoms with van der Waals surface area (Å²) < 4.78 is 27.7. The summed E-state index contributed by atoms with van der Waals surface area (Å²) >= 11 is 1.31. The maximum atomic E-state index is 11.7. The topological polar surface area (TPSA) is 136 Å². The number of hydrogen-bond donors (Lipinski definition) is 3. The summed E-state index contributed by atoms with van der Waals surface area (Å²) in [6.45, 7) is 3.77. The number of nitrogens with one attached hydrogen (secondary N) is 1. The van der Waals surface area contributed by atoms with Crippen LogP contribution < -0.4 is 15.2 Å². The molecule has 140 valence electrons. The summed E-state index contributed by atoms with van der Waals surface area (Å²) in [5.41, 5.74) is 0. The Morgan fingerprint density at radius 3 is 2.36 bits per heavy atom. The molecule has 0 saturated carbocycles. The van der Waals surface area contributed by atoms with Crippen molar-refractivity contribution < 1.29 is 27.9 Å². The molecule has 8 nitrogen and oxygen atoms in total. The van der Waals surface area contributed by atoms with Crippen LogP contribution in [0, 0.1) is 5.92 Å². The minimum Gasteiger partial charge on any atom is -0.493 e. The molecular weight excluding hydrogens is 368 g/mol. The molecule has 0 fully saturated rings. The van der Waals surface area contributed by atoms with E-state index in [4.69, 9.17) is 15.0 Å². The Morgan fingerprint density at radius 2 is 1.88 bits per heavy atom. The number of hydrogen-bond acceptors (Lipinski definition) is 6. The zero-order valence-electron chi connectivity index (χ0n) is 14.0. The molecule has 0 aliphatic carbocycles. The van der Waals surface area contributed by atoms with Gasteiger partial charge in [0.2, 0.25) is 15.9 Å². The Balaban J connectivity index is 2.30. The Kier molecular flexibility index (Phi) is 8.20. The number of carboxylic acid groups (broad SMARTS) is 1. The molecule has 1 aromatic carbocycles. The van der Waals surface area contributed by atoms with Gasteiger partial charge in [-0.05, 0) is 30.2 Å². The Hall–Kier alpha value is -1.78. The third-order valence-electron chi connectivity index (χ3n) is 3.13. The first kappa shape index (κ1) is 21.3. The number of rotatable bonds is 10. The molecule has 0 aliphatic heterocycles. The van der Waals surface area contributed by atoms with Crippen LogP contribution in [-0.4, -0.2) is 49.6 Å². The van der Waals surface area contributed by atoms with E-state index in [9.17, 15) is 18.0 Å². The van der Waals surface area contributed by atoms with Crippen molar-refractivity contribution in [1.29, 1.82) is 0 Å². The zero-order chi connectivity index (χ0) is 19.0. The van der Waals surface area contributed by atoms with Crippen molar-refractivity contribution in [3.63, 3.8) is 0 Å². The van der Waals surface area contributed by atoms with E-state index in [1.54, 1.807) is 13.8 Å². The summed E-state index contributed by atoms with van der Waals surface area (Å²) in [5, 5.41) is 16.5. The Bertz CT molecular complexity index is 688. The minimum atomic E-state index is -3.73. The van der Waals surface area contributed by atoms with E-state index in [1.807, 2.05) is 0 Å². The highest BCUT2D eigenvalue weighted by Gasteiger charge is 2.23. The van der Waals surface area contributed by atoms with E-state index in [-0.39, 0.29) is 22.5 Å². The predicted molar refractivity (Wildman–Crippen MR) is 95.0 cm³/mol. The molecule has 0 saturated heterocycles. The normalized spacial score (nSPS) is 12.6. The SMILES string of the molecule is CC(C)[C@H](NC(=O)CSCCOc1ccc(S(N)(=O)=O)cc1)C(=O)O. The van der Waals surface area contributed by atoms with Crippen LogP contribution in [0.4, 0.5) is 0 Å². The van der Waals surface area contributed by atoms with Crippen LogP contribution in [0.2, 0.25) is 0 Å². The first-order valence-electron chi connectivity index (χ1n) is 7.47. The molecule has 0 heterocycles. The van der Waals surface area contributed by atoms with E-state index >= 15 is 0 Å². The van der Waals surface area contributed by atoms with Crippen LogP contribution in [0.25, 0.3) is 0 Å². The Morgan fingerprint density at radius 1 is 1.28 bits per heavy atom. The molecule has 0 bridgehead atoms. The van der Waals surface area contributed by atoms with E-state index < -0.39 is 22.0 Å². The van der Waals surface area contributed by atoms with Crippen molar-refractivity contribution in [3.8, 4) is 5.75 Å². The molecule has 0 aromatic heterocycles. The lowest BCUT2D eigenvalue weighted by atomic mass is 10.1. The van der Waals surface area contributed by atoms with Crippen LogP contribution in [0.15, 0.2) is 29.2 Å². The van der Waals surface area contributed by atoms with Crippen molar-refractivity contribution in [1.82, 2.24) is 5.32 Å².